The van der Waals surface area contributed by atoms with E-state index in [1.54, 1.807) is 25.6 Å². The Labute approximate surface area is 154 Å². The van der Waals surface area contributed by atoms with Crippen LogP contribution in [0.4, 0.5) is 10.5 Å². The predicted octanol–water partition coefficient (Wildman–Crippen LogP) is 3.44. The molecule has 1 atom stereocenters. The molecular weight excluding hydrogens is 328 g/mol. The van der Waals surface area contributed by atoms with Crippen LogP contribution in [0.5, 0.6) is 5.75 Å². The van der Waals surface area contributed by atoms with E-state index in [1.165, 1.54) is 24.8 Å². The fraction of sp³-hybridized carbons (Fsp3) is 0.400. The number of urea groups is 1. The molecule has 0 radical (unpaired) electrons. The third-order valence-corrected chi connectivity index (χ3v) is 4.71. The molecular formula is C20H26N4O2. The van der Waals surface area contributed by atoms with E-state index < -0.39 is 0 Å². The number of rotatable bonds is 6. The van der Waals surface area contributed by atoms with Gasteiger partial charge in [0.15, 0.2) is 0 Å². The molecule has 1 saturated heterocycles. The minimum absolute atomic E-state index is 0.154. The molecule has 0 bridgehead atoms. The van der Waals surface area contributed by atoms with E-state index in [1.807, 2.05) is 18.2 Å². The summed E-state index contributed by atoms with van der Waals surface area (Å²) in [7, 11) is 1.67. The van der Waals surface area contributed by atoms with Crippen molar-refractivity contribution in [2.24, 2.45) is 0 Å². The first kappa shape index (κ1) is 18.2. The van der Waals surface area contributed by atoms with Gasteiger partial charge in [-0.3, -0.25) is 9.88 Å². The molecule has 2 N–H and O–H groups in total. The lowest BCUT2D eigenvalue weighted by molar-refractivity contribution is 0.161. The van der Waals surface area contributed by atoms with Gasteiger partial charge in [-0.05, 0) is 55.8 Å². The van der Waals surface area contributed by atoms with Crippen LogP contribution in [0.1, 0.15) is 30.9 Å². The summed E-state index contributed by atoms with van der Waals surface area (Å²) >= 11 is 0. The van der Waals surface area contributed by atoms with Gasteiger partial charge in [-0.2, -0.15) is 0 Å². The van der Waals surface area contributed by atoms with Crippen LogP contribution in [0.15, 0.2) is 48.8 Å². The number of methoxy groups -OCH3 is 1. The van der Waals surface area contributed by atoms with Crippen molar-refractivity contribution >= 4 is 11.7 Å². The molecule has 0 aliphatic carbocycles. The van der Waals surface area contributed by atoms with E-state index in [0.717, 1.165) is 18.8 Å². The number of nitrogens with one attached hydrogen (secondary N) is 2. The van der Waals surface area contributed by atoms with E-state index in [9.17, 15) is 4.79 Å². The Morgan fingerprint density at radius 2 is 1.96 bits per heavy atom. The molecule has 0 spiro atoms. The molecule has 1 fully saturated rings. The lowest BCUT2D eigenvalue weighted by Gasteiger charge is -2.35. The Morgan fingerprint density at radius 1 is 1.19 bits per heavy atom. The number of carbonyl (C=O) groups excluding carboxylic acids is 1. The highest BCUT2D eigenvalue weighted by molar-refractivity contribution is 5.88. The summed E-state index contributed by atoms with van der Waals surface area (Å²) in [5.74, 6) is 0.841. The second-order valence-corrected chi connectivity index (χ2v) is 6.46. The maximum absolute atomic E-state index is 12.2. The highest BCUT2D eigenvalue weighted by Gasteiger charge is 2.23. The second-order valence-electron chi connectivity index (χ2n) is 6.46. The van der Waals surface area contributed by atoms with E-state index in [2.05, 4.69) is 32.7 Å². The van der Waals surface area contributed by atoms with E-state index >= 15 is 0 Å². The standard InChI is InChI=1S/C20H26N4O2/c1-26-18-9-7-16(8-10-18)19(24-12-3-2-4-13-24)15-22-20(25)23-17-6-5-11-21-14-17/h5-11,14,19H,2-4,12-13,15H2,1H3,(H2,22,23,25). The van der Waals surface area contributed by atoms with Crippen LogP contribution < -0.4 is 15.4 Å². The highest BCUT2D eigenvalue weighted by atomic mass is 16.5. The van der Waals surface area contributed by atoms with Gasteiger partial charge in [0, 0.05) is 12.7 Å². The summed E-state index contributed by atoms with van der Waals surface area (Å²) in [4.78, 5) is 18.7. The topological polar surface area (TPSA) is 66.5 Å². The quantitative estimate of drug-likeness (QED) is 0.834. The number of carbonyl (C=O) groups is 1. The Balaban J connectivity index is 1.65. The average molecular weight is 354 g/mol. The highest BCUT2D eigenvalue weighted by Crippen LogP contribution is 2.25. The number of hydrogen-bond acceptors (Lipinski definition) is 4. The zero-order chi connectivity index (χ0) is 18.2. The lowest BCUT2D eigenvalue weighted by Crippen LogP contribution is -2.41. The van der Waals surface area contributed by atoms with Crippen LogP contribution in [-0.4, -0.2) is 42.7 Å². The van der Waals surface area contributed by atoms with Crippen LogP contribution >= 0.6 is 0 Å². The average Bonchev–Trinajstić information content (AvgIpc) is 2.70. The molecule has 1 unspecified atom stereocenters. The maximum Gasteiger partial charge on any atom is 0.319 e. The zero-order valence-corrected chi connectivity index (χ0v) is 15.1. The number of piperidine rings is 1. The summed E-state index contributed by atoms with van der Waals surface area (Å²) < 4.78 is 5.26. The number of anilines is 1. The van der Waals surface area contributed by atoms with Crippen molar-refractivity contribution < 1.29 is 9.53 Å². The smallest absolute Gasteiger partial charge is 0.319 e. The van der Waals surface area contributed by atoms with Gasteiger partial charge >= 0.3 is 6.03 Å². The third kappa shape index (κ3) is 4.95. The van der Waals surface area contributed by atoms with Gasteiger partial charge in [0.05, 0.1) is 25.0 Å². The molecule has 1 aromatic heterocycles. The Morgan fingerprint density at radius 3 is 2.62 bits per heavy atom. The van der Waals surface area contributed by atoms with Crippen LogP contribution in [0.2, 0.25) is 0 Å². The Bertz CT molecular complexity index is 685. The number of pyridine rings is 1. The molecule has 2 amide bonds. The van der Waals surface area contributed by atoms with Crippen LogP contribution in [0.3, 0.4) is 0 Å². The van der Waals surface area contributed by atoms with E-state index in [0.29, 0.717) is 12.2 Å². The molecule has 2 aromatic rings. The first-order valence-corrected chi connectivity index (χ1v) is 9.09. The zero-order valence-electron chi connectivity index (χ0n) is 15.1. The van der Waals surface area contributed by atoms with Gasteiger partial charge < -0.3 is 15.4 Å². The number of amides is 2. The maximum atomic E-state index is 12.2. The van der Waals surface area contributed by atoms with E-state index in [-0.39, 0.29) is 12.1 Å². The molecule has 26 heavy (non-hydrogen) atoms. The minimum Gasteiger partial charge on any atom is -0.497 e. The van der Waals surface area contributed by atoms with Crippen LogP contribution in [-0.2, 0) is 0 Å². The molecule has 3 rings (SSSR count). The van der Waals surface area contributed by atoms with E-state index in [4.69, 9.17) is 4.74 Å². The van der Waals surface area contributed by atoms with Gasteiger partial charge in [0.25, 0.3) is 0 Å². The summed E-state index contributed by atoms with van der Waals surface area (Å²) in [5.41, 5.74) is 1.87. The first-order chi connectivity index (χ1) is 12.8. The fourth-order valence-corrected chi connectivity index (χ4v) is 3.32. The van der Waals surface area contributed by atoms with Gasteiger partial charge in [-0.15, -0.1) is 0 Å². The van der Waals surface area contributed by atoms with Crippen LogP contribution in [0, 0.1) is 0 Å². The van der Waals surface area contributed by atoms with Gasteiger partial charge in [-0.1, -0.05) is 18.6 Å². The fourth-order valence-electron chi connectivity index (χ4n) is 3.32. The number of hydrogen-bond donors (Lipinski definition) is 2. The number of nitrogens with zero attached hydrogens (tertiary/aromatic N) is 2. The molecule has 1 aliphatic heterocycles. The summed E-state index contributed by atoms with van der Waals surface area (Å²) in [6.45, 7) is 2.67. The molecule has 1 aliphatic rings. The summed E-state index contributed by atoms with van der Waals surface area (Å²) in [6, 6.07) is 11.7. The second kappa shape index (κ2) is 9.20. The third-order valence-electron chi connectivity index (χ3n) is 4.71. The number of benzene rings is 1. The Hall–Kier alpha value is -2.60. The van der Waals surface area contributed by atoms with Crippen LogP contribution in [0.25, 0.3) is 0 Å². The van der Waals surface area contributed by atoms with Gasteiger partial charge in [0.2, 0.25) is 0 Å². The SMILES string of the molecule is COc1ccc(C(CNC(=O)Nc2cccnc2)N2CCCCC2)cc1. The minimum atomic E-state index is -0.214. The predicted molar refractivity (Wildman–Crippen MR) is 102 cm³/mol. The molecule has 2 heterocycles. The first-order valence-electron chi connectivity index (χ1n) is 9.09. The molecule has 6 nitrogen and oxygen atoms in total. The molecule has 138 valence electrons. The van der Waals surface area contributed by atoms with Crippen molar-refractivity contribution in [1.29, 1.82) is 0 Å². The van der Waals surface area contributed by atoms with Crippen molar-refractivity contribution in [3.8, 4) is 5.75 Å². The Kier molecular flexibility index (Phi) is 6.44. The molecule has 6 heteroatoms. The molecule has 1 aromatic carbocycles. The van der Waals surface area contributed by atoms with Crippen molar-refractivity contribution in [2.75, 3.05) is 32.1 Å². The lowest BCUT2D eigenvalue weighted by atomic mass is 10.0. The summed E-state index contributed by atoms with van der Waals surface area (Å²) in [5, 5.41) is 5.82. The number of aromatic nitrogens is 1. The van der Waals surface area contributed by atoms with Crippen molar-refractivity contribution in [3.05, 3.63) is 54.4 Å². The van der Waals surface area contributed by atoms with Crippen molar-refractivity contribution in [3.63, 3.8) is 0 Å². The normalized spacial score (nSPS) is 15.9. The van der Waals surface area contributed by atoms with Gasteiger partial charge in [-0.25, -0.2) is 4.79 Å². The monoisotopic (exact) mass is 354 g/mol. The number of likely N-dealkylation sites (tertiary alicyclic amines) is 1. The van der Waals surface area contributed by atoms with Crippen molar-refractivity contribution in [1.82, 2.24) is 15.2 Å². The largest absolute Gasteiger partial charge is 0.497 e. The van der Waals surface area contributed by atoms with Crippen molar-refractivity contribution in [2.45, 2.75) is 25.3 Å². The number of ether oxygens (including phenoxy) is 1. The molecule has 0 saturated carbocycles. The van der Waals surface area contributed by atoms with Gasteiger partial charge in [0.1, 0.15) is 5.75 Å². The summed E-state index contributed by atoms with van der Waals surface area (Å²) in [6.07, 6.45) is 6.99.